The topological polar surface area (TPSA) is 88.8 Å². The molecule has 1 aliphatic heterocycles. The SMILES string of the molecule is CCN(Cc1ccc(Cl)nc1)C1=C([N+](=O)[O-])C(c2ccc(OC)cc2)CC(=O)N1C. The minimum atomic E-state index is -0.651. The van der Waals surface area contributed by atoms with Crippen molar-refractivity contribution in [2.75, 3.05) is 20.7 Å². The Morgan fingerprint density at radius 2 is 2.00 bits per heavy atom. The smallest absolute Gasteiger partial charge is 0.294 e. The average Bonchev–Trinajstić information content (AvgIpc) is 2.75. The van der Waals surface area contributed by atoms with Gasteiger partial charge in [0.1, 0.15) is 10.9 Å². The van der Waals surface area contributed by atoms with Crippen molar-refractivity contribution in [3.8, 4) is 5.75 Å². The lowest BCUT2D eigenvalue weighted by Crippen LogP contribution is -2.43. The van der Waals surface area contributed by atoms with Crippen molar-refractivity contribution in [3.05, 3.63) is 80.5 Å². The van der Waals surface area contributed by atoms with Gasteiger partial charge < -0.3 is 9.64 Å². The second-order valence-electron chi connectivity index (χ2n) is 6.95. The molecule has 3 rings (SSSR count). The number of aromatic nitrogens is 1. The summed E-state index contributed by atoms with van der Waals surface area (Å²) >= 11 is 5.86. The summed E-state index contributed by atoms with van der Waals surface area (Å²) < 4.78 is 5.18. The number of halogens is 1. The second-order valence-corrected chi connectivity index (χ2v) is 7.34. The van der Waals surface area contributed by atoms with Crippen molar-refractivity contribution in [2.24, 2.45) is 0 Å². The molecule has 0 spiro atoms. The van der Waals surface area contributed by atoms with Gasteiger partial charge in [0.2, 0.25) is 5.91 Å². The van der Waals surface area contributed by atoms with Crippen LogP contribution in [0.1, 0.15) is 30.4 Å². The number of hydrogen-bond donors (Lipinski definition) is 0. The van der Waals surface area contributed by atoms with Gasteiger partial charge in [0, 0.05) is 32.8 Å². The Morgan fingerprint density at radius 1 is 1.30 bits per heavy atom. The molecule has 30 heavy (non-hydrogen) atoms. The fraction of sp³-hybridized carbons (Fsp3) is 0.333. The number of nitrogens with zero attached hydrogens (tertiary/aromatic N) is 4. The molecule has 0 aliphatic carbocycles. The van der Waals surface area contributed by atoms with Gasteiger partial charge >= 0.3 is 0 Å². The third kappa shape index (κ3) is 4.38. The van der Waals surface area contributed by atoms with E-state index in [0.29, 0.717) is 35.4 Å². The first-order valence-corrected chi connectivity index (χ1v) is 9.88. The lowest BCUT2D eigenvalue weighted by molar-refractivity contribution is -0.434. The normalized spacial score (nSPS) is 16.6. The molecule has 1 unspecified atom stereocenters. The van der Waals surface area contributed by atoms with E-state index in [0.717, 1.165) is 5.56 Å². The van der Waals surface area contributed by atoms with Crippen LogP contribution in [-0.2, 0) is 11.3 Å². The standard InChI is InChI=1S/C21H23ClN4O4/c1-4-25(13-14-5-10-18(22)23-12-14)21-20(26(28)29)17(11-19(27)24(21)2)15-6-8-16(30-3)9-7-15/h5-10,12,17H,4,11,13H2,1-3H3. The molecule has 0 bridgehead atoms. The molecular formula is C21H23ClN4O4. The highest BCUT2D eigenvalue weighted by atomic mass is 35.5. The van der Waals surface area contributed by atoms with Crippen molar-refractivity contribution in [1.29, 1.82) is 0 Å². The third-order valence-electron chi connectivity index (χ3n) is 5.19. The highest BCUT2D eigenvalue weighted by Gasteiger charge is 2.42. The number of carbonyl (C=O) groups is 1. The molecule has 1 amide bonds. The van der Waals surface area contributed by atoms with Crippen LogP contribution in [0.4, 0.5) is 0 Å². The monoisotopic (exact) mass is 430 g/mol. The Balaban J connectivity index is 2.07. The van der Waals surface area contributed by atoms with E-state index in [1.807, 2.05) is 17.9 Å². The van der Waals surface area contributed by atoms with E-state index in [9.17, 15) is 14.9 Å². The third-order valence-corrected chi connectivity index (χ3v) is 5.41. The minimum absolute atomic E-state index is 0.00559. The number of rotatable bonds is 7. The number of hydrogen-bond acceptors (Lipinski definition) is 6. The van der Waals surface area contributed by atoms with Crippen molar-refractivity contribution in [2.45, 2.75) is 25.8 Å². The summed E-state index contributed by atoms with van der Waals surface area (Å²) in [5, 5.41) is 12.5. The van der Waals surface area contributed by atoms with Crippen LogP contribution in [0.5, 0.6) is 5.75 Å². The molecule has 1 atom stereocenters. The Hall–Kier alpha value is -3.13. The molecule has 2 heterocycles. The number of allylic oxidation sites excluding steroid dienone is 1. The van der Waals surface area contributed by atoms with Gasteiger partial charge in [-0.1, -0.05) is 29.8 Å². The van der Waals surface area contributed by atoms with Gasteiger partial charge in [-0.2, -0.15) is 0 Å². The summed E-state index contributed by atoms with van der Waals surface area (Å²) in [5.41, 5.74) is 1.54. The fourth-order valence-corrected chi connectivity index (χ4v) is 3.72. The molecule has 1 aromatic carbocycles. The zero-order valence-electron chi connectivity index (χ0n) is 17.0. The number of methoxy groups -OCH3 is 1. The summed E-state index contributed by atoms with van der Waals surface area (Å²) in [6.45, 7) is 2.73. The molecule has 0 radical (unpaired) electrons. The largest absolute Gasteiger partial charge is 0.497 e. The molecule has 1 aromatic heterocycles. The number of carbonyl (C=O) groups excluding carboxylic acids is 1. The van der Waals surface area contributed by atoms with E-state index in [-0.39, 0.29) is 22.9 Å². The minimum Gasteiger partial charge on any atom is -0.497 e. The zero-order chi connectivity index (χ0) is 21.8. The van der Waals surface area contributed by atoms with Crippen LogP contribution in [0.3, 0.4) is 0 Å². The molecule has 1 aliphatic rings. The van der Waals surface area contributed by atoms with Gasteiger partial charge in [-0.25, -0.2) is 4.98 Å². The molecular weight excluding hydrogens is 408 g/mol. The lowest BCUT2D eigenvalue weighted by Gasteiger charge is -2.36. The predicted octanol–water partition coefficient (Wildman–Crippen LogP) is 3.66. The van der Waals surface area contributed by atoms with E-state index in [1.165, 1.54) is 4.90 Å². The van der Waals surface area contributed by atoms with Crippen LogP contribution < -0.4 is 4.74 Å². The van der Waals surface area contributed by atoms with Crippen LogP contribution in [-0.4, -0.2) is 46.3 Å². The Morgan fingerprint density at radius 3 is 2.53 bits per heavy atom. The van der Waals surface area contributed by atoms with Crippen molar-refractivity contribution >= 4 is 17.5 Å². The molecule has 8 nitrogen and oxygen atoms in total. The van der Waals surface area contributed by atoms with E-state index in [2.05, 4.69) is 4.98 Å². The summed E-state index contributed by atoms with van der Waals surface area (Å²) in [7, 11) is 3.13. The van der Waals surface area contributed by atoms with Crippen LogP contribution in [0, 0.1) is 10.1 Å². The van der Waals surface area contributed by atoms with Crippen LogP contribution >= 0.6 is 11.6 Å². The maximum atomic E-state index is 12.8. The molecule has 2 aromatic rings. The summed E-state index contributed by atoms with van der Waals surface area (Å²) in [6, 6.07) is 10.5. The average molecular weight is 431 g/mol. The zero-order valence-corrected chi connectivity index (χ0v) is 17.8. The lowest BCUT2D eigenvalue weighted by atomic mass is 9.89. The first-order valence-electron chi connectivity index (χ1n) is 9.50. The molecule has 0 saturated heterocycles. The maximum Gasteiger partial charge on any atom is 0.294 e. The molecule has 0 N–H and O–H groups in total. The van der Waals surface area contributed by atoms with E-state index in [4.69, 9.17) is 16.3 Å². The first kappa shape index (κ1) is 21.6. The Labute approximate surface area is 179 Å². The predicted molar refractivity (Wildman–Crippen MR) is 112 cm³/mol. The van der Waals surface area contributed by atoms with E-state index >= 15 is 0 Å². The van der Waals surface area contributed by atoms with Crippen LogP contribution in [0.25, 0.3) is 0 Å². The molecule has 0 saturated carbocycles. The van der Waals surface area contributed by atoms with Gasteiger partial charge in [0.05, 0.1) is 18.0 Å². The number of amides is 1. The molecule has 158 valence electrons. The highest BCUT2D eigenvalue weighted by Crippen LogP contribution is 2.38. The second kappa shape index (κ2) is 9.13. The van der Waals surface area contributed by atoms with Crippen LogP contribution in [0.15, 0.2) is 54.1 Å². The number of nitro groups is 1. The van der Waals surface area contributed by atoms with E-state index in [1.54, 1.807) is 50.7 Å². The van der Waals surface area contributed by atoms with Gasteiger partial charge in [-0.15, -0.1) is 0 Å². The summed E-state index contributed by atoms with van der Waals surface area (Å²) in [5.74, 6) is 0.121. The van der Waals surface area contributed by atoms with Crippen LogP contribution in [0.2, 0.25) is 5.15 Å². The molecule has 0 fully saturated rings. The fourth-order valence-electron chi connectivity index (χ4n) is 3.61. The van der Waals surface area contributed by atoms with Crippen molar-refractivity contribution in [1.82, 2.24) is 14.8 Å². The quantitative estimate of drug-likeness (QED) is 0.378. The molecule has 9 heteroatoms. The first-order chi connectivity index (χ1) is 14.3. The van der Waals surface area contributed by atoms with Crippen molar-refractivity contribution in [3.63, 3.8) is 0 Å². The Bertz CT molecular complexity index is 960. The number of ether oxygens (including phenoxy) is 1. The maximum absolute atomic E-state index is 12.8. The van der Waals surface area contributed by atoms with E-state index < -0.39 is 5.92 Å². The van der Waals surface area contributed by atoms with Gasteiger partial charge in [-0.05, 0) is 36.2 Å². The number of benzene rings is 1. The van der Waals surface area contributed by atoms with Gasteiger partial charge in [0.15, 0.2) is 5.82 Å². The van der Waals surface area contributed by atoms with Gasteiger partial charge in [0.25, 0.3) is 5.70 Å². The van der Waals surface area contributed by atoms with Crippen molar-refractivity contribution < 1.29 is 14.5 Å². The van der Waals surface area contributed by atoms with Gasteiger partial charge in [-0.3, -0.25) is 19.8 Å². The highest BCUT2D eigenvalue weighted by molar-refractivity contribution is 6.29. The Kier molecular flexibility index (Phi) is 6.56. The summed E-state index contributed by atoms with van der Waals surface area (Å²) in [4.78, 5) is 31.8. The number of pyridine rings is 1. The summed E-state index contributed by atoms with van der Waals surface area (Å²) in [6.07, 6.45) is 1.66.